The zero-order chi connectivity index (χ0) is 33.3. The summed E-state index contributed by atoms with van der Waals surface area (Å²) in [6, 6.07) is 16.4. The van der Waals surface area contributed by atoms with Crippen LogP contribution in [0.3, 0.4) is 0 Å². The lowest BCUT2D eigenvalue weighted by atomic mass is 10.0. The number of amides is 2. The minimum Gasteiger partial charge on any atom is -0.497 e. The molecular weight excluding hydrogens is 617 g/mol. The molecule has 4 aromatic rings. The van der Waals surface area contributed by atoms with Gasteiger partial charge >= 0.3 is 12.4 Å². The minimum atomic E-state index is -4.76. The highest BCUT2D eigenvalue weighted by Crippen LogP contribution is 2.31. The Labute approximate surface area is 269 Å². The number of rotatable bonds is 10. The lowest BCUT2D eigenvalue weighted by molar-refractivity contribution is -0.274. The summed E-state index contributed by atoms with van der Waals surface area (Å²) in [5.41, 5.74) is 5.01. The minimum absolute atomic E-state index is 0.209. The van der Waals surface area contributed by atoms with Crippen molar-refractivity contribution < 1.29 is 27.4 Å². The van der Waals surface area contributed by atoms with E-state index in [9.17, 15) is 18.0 Å². The number of nitrogens with one attached hydrogen (secondary N) is 2. The molecule has 0 bridgehead atoms. The van der Waals surface area contributed by atoms with Crippen LogP contribution >= 0.6 is 11.8 Å². The molecule has 3 aromatic carbocycles. The van der Waals surface area contributed by atoms with E-state index in [4.69, 9.17) is 16.2 Å². The first kappa shape index (κ1) is 33.9. The van der Waals surface area contributed by atoms with Crippen molar-refractivity contribution in [1.82, 2.24) is 25.4 Å². The Kier molecular flexibility index (Phi) is 11.3. The lowest BCUT2D eigenvalue weighted by Gasteiger charge is -2.14. The number of carbonyl (C=O) groups excluding carboxylic acids is 1. The predicted molar refractivity (Wildman–Crippen MR) is 174 cm³/mol. The summed E-state index contributed by atoms with van der Waals surface area (Å²) in [6.45, 7) is 6.46. The van der Waals surface area contributed by atoms with Gasteiger partial charge in [-0.05, 0) is 72.4 Å². The zero-order valence-corrected chi connectivity index (χ0v) is 26.5. The largest absolute Gasteiger partial charge is 0.573 e. The van der Waals surface area contributed by atoms with Crippen molar-refractivity contribution in [2.45, 2.75) is 39.5 Å². The molecule has 0 unspecified atom stereocenters. The number of methoxy groups -OCH3 is 1. The number of aryl methyl sites for hydroxylation is 1. The van der Waals surface area contributed by atoms with Gasteiger partial charge in [0, 0.05) is 18.2 Å². The molecule has 240 valence electrons. The van der Waals surface area contributed by atoms with E-state index >= 15 is 0 Å². The number of hydrogen-bond donors (Lipinski definition) is 2. The molecule has 0 saturated carbocycles. The topological polar surface area (TPSA) is 103 Å². The van der Waals surface area contributed by atoms with E-state index in [0.29, 0.717) is 46.8 Å². The Morgan fingerprint density at radius 1 is 1.11 bits per heavy atom. The first-order valence-corrected chi connectivity index (χ1v) is 15.2. The quantitative estimate of drug-likeness (QED) is 0.107. The van der Waals surface area contributed by atoms with Gasteiger partial charge in [0.1, 0.15) is 17.8 Å². The molecule has 1 aromatic heterocycles. The molecule has 9 nitrogen and oxygen atoms in total. The van der Waals surface area contributed by atoms with Crippen LogP contribution in [0.5, 0.6) is 11.5 Å². The van der Waals surface area contributed by atoms with Crippen LogP contribution in [-0.2, 0) is 6.42 Å². The number of amidine groups is 1. The first-order valence-electron chi connectivity index (χ1n) is 14.2. The van der Waals surface area contributed by atoms with Crippen LogP contribution in [0.1, 0.15) is 36.5 Å². The van der Waals surface area contributed by atoms with Gasteiger partial charge in [0.25, 0.3) is 0 Å². The highest BCUT2D eigenvalue weighted by molar-refractivity contribution is 8.14. The third-order valence-electron chi connectivity index (χ3n) is 6.70. The molecule has 0 atom stereocenters. The fourth-order valence-corrected chi connectivity index (χ4v) is 4.99. The number of nitrogens with zero attached hydrogens (tertiary/aromatic N) is 4. The van der Waals surface area contributed by atoms with Crippen LogP contribution < -0.4 is 20.1 Å². The van der Waals surface area contributed by atoms with E-state index in [1.165, 1.54) is 47.0 Å². The Balaban J connectivity index is 1.37. The van der Waals surface area contributed by atoms with Crippen LogP contribution in [0.4, 0.5) is 23.7 Å². The molecule has 0 saturated heterocycles. The number of thioether (sulfide) groups is 1. The molecule has 2 N–H and O–H groups in total. The number of benzene rings is 3. The Bertz CT molecular complexity index is 1730. The highest BCUT2D eigenvalue weighted by Gasteiger charge is 2.31. The van der Waals surface area contributed by atoms with Gasteiger partial charge in [0.15, 0.2) is 11.0 Å². The van der Waals surface area contributed by atoms with Crippen LogP contribution in [0.25, 0.3) is 17.1 Å². The summed E-state index contributed by atoms with van der Waals surface area (Å²) in [5, 5.41) is 10.5. The second kappa shape index (κ2) is 15.4. The van der Waals surface area contributed by atoms with Gasteiger partial charge in [-0.1, -0.05) is 49.7 Å². The summed E-state index contributed by atoms with van der Waals surface area (Å²) >= 11 is 1.25. The fraction of sp³-hybridized carbons (Fsp3) is 0.273. The Morgan fingerprint density at radius 2 is 1.85 bits per heavy atom. The highest BCUT2D eigenvalue weighted by atomic mass is 32.2. The van der Waals surface area contributed by atoms with Crippen molar-refractivity contribution in [3.8, 4) is 40.9 Å². The van der Waals surface area contributed by atoms with E-state index in [2.05, 4.69) is 45.2 Å². The number of hydrogen-bond acceptors (Lipinski definition) is 7. The van der Waals surface area contributed by atoms with E-state index in [-0.39, 0.29) is 11.7 Å². The van der Waals surface area contributed by atoms with Crippen LogP contribution in [0.2, 0.25) is 0 Å². The molecule has 0 radical (unpaired) electrons. The molecule has 0 aliphatic heterocycles. The van der Waals surface area contributed by atoms with Crippen molar-refractivity contribution in [1.29, 1.82) is 0 Å². The van der Waals surface area contributed by atoms with Gasteiger partial charge in [-0.15, -0.1) is 24.7 Å². The number of urea groups is 1. The van der Waals surface area contributed by atoms with E-state index in [0.717, 1.165) is 22.3 Å². The molecule has 0 spiro atoms. The van der Waals surface area contributed by atoms with Crippen molar-refractivity contribution in [3.05, 3.63) is 83.7 Å². The summed E-state index contributed by atoms with van der Waals surface area (Å²) in [4.78, 5) is 21.8. The number of aliphatic imine (C=N–C) groups is 1. The van der Waals surface area contributed by atoms with Crippen molar-refractivity contribution >= 4 is 28.6 Å². The van der Waals surface area contributed by atoms with Crippen molar-refractivity contribution in [2.75, 3.05) is 19.4 Å². The maximum Gasteiger partial charge on any atom is 0.573 e. The fourth-order valence-electron chi connectivity index (χ4n) is 4.44. The first-order chi connectivity index (χ1) is 22.0. The van der Waals surface area contributed by atoms with Gasteiger partial charge < -0.3 is 14.8 Å². The Hall–Kier alpha value is -4.96. The van der Waals surface area contributed by atoms with Gasteiger partial charge in [0.2, 0.25) is 0 Å². The average Bonchev–Trinajstić information content (AvgIpc) is 3.50. The number of halogens is 3. The maximum absolute atomic E-state index is 12.8. The van der Waals surface area contributed by atoms with Gasteiger partial charge in [0.05, 0.1) is 24.2 Å². The molecule has 0 fully saturated rings. The van der Waals surface area contributed by atoms with E-state index < -0.39 is 12.4 Å². The normalized spacial score (nSPS) is 11.7. The SMILES string of the molecule is C#CCSC(=Nc1cc(OC)ccc1C(C)C)NC(=O)NCCc1ccc(-c2ncn(-c3ccc(OC(F)(F)F)cc3)n2)cc1C. The second-order valence-corrected chi connectivity index (χ2v) is 11.3. The number of alkyl halides is 3. The predicted octanol–water partition coefficient (Wildman–Crippen LogP) is 7.17. The molecular formula is C33H33F3N6O3S. The zero-order valence-electron chi connectivity index (χ0n) is 25.7. The van der Waals surface area contributed by atoms with Gasteiger partial charge in [-0.3, -0.25) is 5.32 Å². The van der Waals surface area contributed by atoms with Crippen molar-refractivity contribution in [3.63, 3.8) is 0 Å². The monoisotopic (exact) mass is 650 g/mol. The lowest BCUT2D eigenvalue weighted by Crippen LogP contribution is -2.39. The maximum atomic E-state index is 12.8. The second-order valence-electron chi connectivity index (χ2n) is 10.3. The van der Waals surface area contributed by atoms with E-state index in [1.807, 2.05) is 43.3 Å². The molecule has 46 heavy (non-hydrogen) atoms. The number of ether oxygens (including phenoxy) is 2. The smallest absolute Gasteiger partial charge is 0.497 e. The standard InChI is InChI=1S/C33H33F3N6O3S/c1-6-17-46-32(39-29-19-27(44-5)13-14-28(29)21(2)3)40-31(43)37-16-15-23-7-8-24(18-22(23)4)30-38-20-42(41-30)25-9-11-26(12-10-25)45-33(34,35)36/h1,7-14,18-21H,15-17H2,2-5H3,(H2,37,39,40,43). The summed E-state index contributed by atoms with van der Waals surface area (Å²) in [5.74, 6) is 3.90. The number of terminal acetylenes is 1. The van der Waals surface area contributed by atoms with Gasteiger partial charge in [-0.25, -0.2) is 19.5 Å². The molecule has 4 rings (SSSR count). The summed E-state index contributed by atoms with van der Waals surface area (Å²) in [7, 11) is 1.59. The molecule has 1 heterocycles. The van der Waals surface area contributed by atoms with Crippen LogP contribution in [0.15, 0.2) is 72.0 Å². The van der Waals surface area contributed by atoms with Crippen molar-refractivity contribution in [2.24, 2.45) is 4.99 Å². The molecule has 0 aliphatic rings. The van der Waals surface area contributed by atoms with E-state index in [1.54, 1.807) is 7.11 Å². The molecule has 0 aliphatic carbocycles. The number of aromatic nitrogens is 3. The summed E-state index contributed by atoms with van der Waals surface area (Å²) in [6.07, 6.45) is 2.76. The third-order valence-corrected chi connectivity index (χ3v) is 7.48. The van der Waals surface area contributed by atoms with Crippen LogP contribution in [0, 0.1) is 19.3 Å². The molecule has 2 amide bonds. The van der Waals surface area contributed by atoms with Gasteiger partial charge in [-0.2, -0.15) is 0 Å². The Morgan fingerprint density at radius 3 is 2.50 bits per heavy atom. The van der Waals surface area contributed by atoms with Crippen LogP contribution in [-0.4, -0.2) is 51.7 Å². The average molecular weight is 651 g/mol. The summed E-state index contributed by atoms with van der Waals surface area (Å²) < 4.78 is 48.1. The third kappa shape index (κ3) is 9.52. The number of carbonyl (C=O) groups is 1. The molecule has 13 heteroatoms.